The van der Waals surface area contributed by atoms with Crippen molar-refractivity contribution in [1.29, 1.82) is 5.26 Å². The Morgan fingerprint density at radius 2 is 2.40 bits per heavy atom. The predicted octanol–water partition coefficient (Wildman–Crippen LogP) is 1.48. The predicted molar refractivity (Wildman–Crippen MR) is 56.2 cm³/mol. The number of nitriles is 1. The highest BCUT2D eigenvalue weighted by Crippen LogP contribution is 2.14. The van der Waals surface area contributed by atoms with E-state index < -0.39 is 0 Å². The molecule has 0 spiro atoms. The largest absolute Gasteiger partial charge is 0.443 e. The highest BCUT2D eigenvalue weighted by Gasteiger charge is 1.99. The fourth-order valence-electron chi connectivity index (χ4n) is 1.43. The van der Waals surface area contributed by atoms with Crippen LogP contribution in [-0.2, 0) is 6.42 Å². The van der Waals surface area contributed by atoms with Gasteiger partial charge in [0.05, 0.1) is 12.6 Å². The van der Waals surface area contributed by atoms with Crippen molar-refractivity contribution in [2.75, 3.05) is 13.1 Å². The van der Waals surface area contributed by atoms with Gasteiger partial charge in [-0.2, -0.15) is 5.26 Å². The Bertz CT molecular complexity index is 484. The van der Waals surface area contributed by atoms with Crippen molar-refractivity contribution in [3.05, 3.63) is 30.2 Å². The summed E-state index contributed by atoms with van der Waals surface area (Å²) >= 11 is 0. The lowest BCUT2D eigenvalue weighted by Gasteiger charge is -2.00. The lowest BCUT2D eigenvalue weighted by molar-refractivity contribution is 0.601. The molecule has 0 aliphatic heterocycles. The molecule has 0 unspecified atom stereocenters. The van der Waals surface area contributed by atoms with Crippen LogP contribution in [0, 0.1) is 11.3 Å². The fourth-order valence-corrected chi connectivity index (χ4v) is 1.43. The van der Waals surface area contributed by atoms with E-state index in [9.17, 15) is 0 Å². The SMILES string of the molecule is N#CCNCCc1ccc2ncoc2c1. The standard InChI is InChI=1S/C11H11N3O/c12-4-6-13-5-3-9-1-2-10-11(7-9)15-8-14-10/h1-2,7-8,13H,3,5-6H2. The molecule has 2 rings (SSSR count). The van der Waals surface area contributed by atoms with Crippen LogP contribution in [0.1, 0.15) is 5.56 Å². The third kappa shape index (κ3) is 2.33. The van der Waals surface area contributed by atoms with Crippen molar-refractivity contribution >= 4 is 11.1 Å². The number of fused-ring (bicyclic) bond motifs is 1. The molecule has 15 heavy (non-hydrogen) atoms. The molecule has 0 aliphatic rings. The molecule has 4 heteroatoms. The first-order valence-electron chi connectivity index (χ1n) is 4.80. The molecule has 0 saturated heterocycles. The number of oxazole rings is 1. The van der Waals surface area contributed by atoms with Crippen molar-refractivity contribution < 1.29 is 4.42 Å². The summed E-state index contributed by atoms with van der Waals surface area (Å²) in [5, 5.41) is 11.4. The molecule has 1 heterocycles. The van der Waals surface area contributed by atoms with Crippen LogP contribution in [-0.4, -0.2) is 18.1 Å². The van der Waals surface area contributed by atoms with E-state index in [1.54, 1.807) is 0 Å². The van der Waals surface area contributed by atoms with Crippen molar-refractivity contribution in [2.24, 2.45) is 0 Å². The molecule has 0 saturated carbocycles. The second-order valence-electron chi connectivity index (χ2n) is 3.24. The molecule has 0 amide bonds. The molecule has 2 aromatic rings. The minimum Gasteiger partial charge on any atom is -0.443 e. The van der Waals surface area contributed by atoms with E-state index in [1.807, 2.05) is 24.3 Å². The zero-order valence-corrected chi connectivity index (χ0v) is 8.23. The van der Waals surface area contributed by atoms with Crippen molar-refractivity contribution in [2.45, 2.75) is 6.42 Å². The smallest absolute Gasteiger partial charge is 0.181 e. The van der Waals surface area contributed by atoms with E-state index in [1.165, 1.54) is 12.0 Å². The zero-order valence-electron chi connectivity index (χ0n) is 8.23. The molecule has 4 nitrogen and oxygen atoms in total. The fraction of sp³-hybridized carbons (Fsp3) is 0.273. The van der Waals surface area contributed by atoms with Gasteiger partial charge in [0, 0.05) is 6.54 Å². The van der Waals surface area contributed by atoms with Gasteiger partial charge in [0.1, 0.15) is 5.52 Å². The Balaban J connectivity index is 1.99. The summed E-state index contributed by atoms with van der Waals surface area (Å²) in [7, 11) is 0. The van der Waals surface area contributed by atoms with Crippen LogP contribution in [0.2, 0.25) is 0 Å². The molecule has 0 radical (unpaired) electrons. The van der Waals surface area contributed by atoms with Gasteiger partial charge in [-0.05, 0) is 24.1 Å². The van der Waals surface area contributed by atoms with E-state index in [2.05, 4.69) is 10.3 Å². The van der Waals surface area contributed by atoms with E-state index in [4.69, 9.17) is 9.68 Å². The average Bonchev–Trinajstić information content (AvgIpc) is 2.71. The summed E-state index contributed by atoms with van der Waals surface area (Å²) in [4.78, 5) is 4.04. The lowest BCUT2D eigenvalue weighted by atomic mass is 10.1. The zero-order chi connectivity index (χ0) is 10.5. The van der Waals surface area contributed by atoms with Gasteiger partial charge in [-0.1, -0.05) is 6.07 Å². The third-order valence-corrected chi connectivity index (χ3v) is 2.19. The monoisotopic (exact) mass is 201 g/mol. The van der Waals surface area contributed by atoms with Gasteiger partial charge in [-0.15, -0.1) is 0 Å². The highest BCUT2D eigenvalue weighted by atomic mass is 16.3. The molecule has 0 bridgehead atoms. The minimum atomic E-state index is 0.393. The Hall–Kier alpha value is -1.86. The number of nitrogens with zero attached hydrogens (tertiary/aromatic N) is 2. The number of hydrogen-bond acceptors (Lipinski definition) is 4. The number of hydrogen-bond donors (Lipinski definition) is 1. The summed E-state index contributed by atoms with van der Waals surface area (Å²) in [6.45, 7) is 1.19. The number of rotatable bonds is 4. The molecule has 1 aromatic carbocycles. The van der Waals surface area contributed by atoms with Crippen LogP contribution in [0.3, 0.4) is 0 Å². The Labute approximate surface area is 87.5 Å². The molecule has 0 atom stereocenters. The number of aromatic nitrogens is 1. The summed E-state index contributed by atoms with van der Waals surface area (Å²) in [5.74, 6) is 0. The van der Waals surface area contributed by atoms with E-state index in [-0.39, 0.29) is 0 Å². The normalized spacial score (nSPS) is 10.3. The summed E-state index contributed by atoms with van der Waals surface area (Å²) < 4.78 is 5.20. The number of nitrogens with one attached hydrogen (secondary N) is 1. The van der Waals surface area contributed by atoms with E-state index in [0.29, 0.717) is 6.54 Å². The third-order valence-electron chi connectivity index (χ3n) is 2.19. The lowest BCUT2D eigenvalue weighted by Crippen LogP contribution is -2.17. The summed E-state index contributed by atoms with van der Waals surface area (Å²) in [6.07, 6.45) is 2.33. The quantitative estimate of drug-likeness (QED) is 0.601. The van der Waals surface area contributed by atoms with Gasteiger partial charge in [0.15, 0.2) is 12.0 Å². The van der Waals surface area contributed by atoms with Crippen molar-refractivity contribution in [1.82, 2.24) is 10.3 Å². The van der Waals surface area contributed by atoms with E-state index >= 15 is 0 Å². The molecule has 1 aromatic heterocycles. The first kappa shape index (κ1) is 9.69. The maximum absolute atomic E-state index is 8.34. The van der Waals surface area contributed by atoms with Gasteiger partial charge in [0.25, 0.3) is 0 Å². The minimum absolute atomic E-state index is 0.393. The van der Waals surface area contributed by atoms with Gasteiger partial charge in [0.2, 0.25) is 0 Å². The van der Waals surface area contributed by atoms with Crippen LogP contribution in [0.25, 0.3) is 11.1 Å². The summed E-state index contributed by atoms with van der Waals surface area (Å²) in [5.41, 5.74) is 2.88. The molecule has 76 valence electrons. The van der Waals surface area contributed by atoms with Gasteiger partial charge in [-0.25, -0.2) is 4.98 Å². The Morgan fingerprint density at radius 1 is 1.47 bits per heavy atom. The first-order chi connectivity index (χ1) is 7.40. The topological polar surface area (TPSA) is 61.9 Å². The molecular weight excluding hydrogens is 190 g/mol. The van der Waals surface area contributed by atoms with Crippen molar-refractivity contribution in [3.8, 4) is 6.07 Å². The molecule has 0 aliphatic carbocycles. The van der Waals surface area contributed by atoms with Gasteiger partial charge >= 0.3 is 0 Å². The van der Waals surface area contributed by atoms with Crippen molar-refractivity contribution in [3.63, 3.8) is 0 Å². The number of benzene rings is 1. The van der Waals surface area contributed by atoms with Crippen LogP contribution >= 0.6 is 0 Å². The molecular formula is C11H11N3O. The second-order valence-corrected chi connectivity index (χ2v) is 3.24. The average molecular weight is 201 g/mol. The molecule has 1 N–H and O–H groups in total. The van der Waals surface area contributed by atoms with Crippen LogP contribution in [0.5, 0.6) is 0 Å². The van der Waals surface area contributed by atoms with E-state index in [0.717, 1.165) is 24.1 Å². The maximum Gasteiger partial charge on any atom is 0.181 e. The van der Waals surface area contributed by atoms with Crippen LogP contribution in [0.4, 0.5) is 0 Å². The van der Waals surface area contributed by atoms with Gasteiger partial charge < -0.3 is 9.73 Å². The highest BCUT2D eigenvalue weighted by molar-refractivity contribution is 5.72. The van der Waals surface area contributed by atoms with Gasteiger partial charge in [-0.3, -0.25) is 0 Å². The Morgan fingerprint density at radius 3 is 3.27 bits per heavy atom. The second kappa shape index (κ2) is 4.58. The first-order valence-corrected chi connectivity index (χ1v) is 4.80. The van der Waals surface area contributed by atoms with Crippen LogP contribution in [0.15, 0.2) is 29.0 Å². The maximum atomic E-state index is 8.34. The van der Waals surface area contributed by atoms with Crippen LogP contribution < -0.4 is 5.32 Å². The molecule has 0 fully saturated rings. The summed E-state index contributed by atoms with van der Waals surface area (Å²) in [6, 6.07) is 7.99. The Kier molecular flexibility index (Phi) is 2.96.